The highest BCUT2D eigenvalue weighted by Crippen LogP contribution is 2.35. The van der Waals surface area contributed by atoms with Crippen molar-refractivity contribution in [3.05, 3.63) is 78.1 Å². The van der Waals surface area contributed by atoms with Crippen LogP contribution in [0.4, 0.5) is 16.0 Å². The SMILES string of the molecule is C.C.O=C(O)[C@@H]1CCC[C@H]1C(=O)c1ccc(-c2ccc(Nc3nc4ccccc4[nH]3)c(F)c2)cc1. The number of rotatable bonds is 6. The summed E-state index contributed by atoms with van der Waals surface area (Å²) in [6.07, 6.45) is 1.89. The number of imidazole rings is 1. The van der Waals surface area contributed by atoms with Gasteiger partial charge in [-0.25, -0.2) is 9.37 Å². The monoisotopic (exact) mass is 475 g/mol. The lowest BCUT2D eigenvalue weighted by molar-refractivity contribution is -0.142. The van der Waals surface area contributed by atoms with Crippen molar-refractivity contribution in [2.45, 2.75) is 34.1 Å². The largest absolute Gasteiger partial charge is 0.481 e. The second-order valence-electron chi connectivity index (χ2n) is 8.35. The Hall–Kier alpha value is -4.00. The average molecular weight is 476 g/mol. The molecule has 0 bridgehead atoms. The highest BCUT2D eigenvalue weighted by Gasteiger charge is 2.37. The summed E-state index contributed by atoms with van der Waals surface area (Å²) in [4.78, 5) is 31.7. The van der Waals surface area contributed by atoms with Crippen LogP contribution in [0.2, 0.25) is 0 Å². The molecular weight excluding hydrogens is 445 g/mol. The van der Waals surface area contributed by atoms with E-state index in [1.165, 1.54) is 6.07 Å². The van der Waals surface area contributed by atoms with Crippen LogP contribution in [0.25, 0.3) is 22.2 Å². The van der Waals surface area contributed by atoms with E-state index in [1.807, 2.05) is 24.3 Å². The van der Waals surface area contributed by atoms with Crippen molar-refractivity contribution in [2.75, 3.05) is 5.32 Å². The van der Waals surface area contributed by atoms with Gasteiger partial charge in [-0.05, 0) is 48.2 Å². The van der Waals surface area contributed by atoms with Gasteiger partial charge in [-0.3, -0.25) is 9.59 Å². The number of benzene rings is 3. The molecule has 7 heteroatoms. The zero-order chi connectivity index (χ0) is 22.9. The summed E-state index contributed by atoms with van der Waals surface area (Å²) in [5.41, 5.74) is 3.87. The summed E-state index contributed by atoms with van der Waals surface area (Å²) in [5, 5.41) is 12.3. The number of fused-ring (bicyclic) bond motifs is 1. The molecule has 3 aromatic carbocycles. The maximum absolute atomic E-state index is 14.8. The van der Waals surface area contributed by atoms with Crippen molar-refractivity contribution in [1.82, 2.24) is 9.97 Å². The fraction of sp³-hybridized carbons (Fsp3) is 0.250. The van der Waals surface area contributed by atoms with E-state index in [1.54, 1.807) is 36.4 Å². The molecule has 5 rings (SSSR count). The lowest BCUT2D eigenvalue weighted by atomic mass is 9.88. The van der Waals surface area contributed by atoms with E-state index in [0.717, 1.165) is 23.0 Å². The first kappa shape index (κ1) is 25.6. The number of carboxylic acids is 1. The number of halogens is 1. The fourth-order valence-corrected chi connectivity index (χ4v) is 4.55. The van der Waals surface area contributed by atoms with Gasteiger partial charge in [0.25, 0.3) is 0 Å². The van der Waals surface area contributed by atoms with Crippen LogP contribution in [0.15, 0.2) is 66.7 Å². The Morgan fingerprint density at radius 1 is 0.943 bits per heavy atom. The normalized spacial score (nSPS) is 16.8. The Bertz CT molecular complexity index is 1310. The minimum atomic E-state index is -0.908. The fourth-order valence-electron chi connectivity index (χ4n) is 4.55. The predicted octanol–water partition coefficient (Wildman–Crippen LogP) is 7.07. The Balaban J connectivity index is 0.00000171. The molecule has 2 atom stereocenters. The number of ketones is 1. The smallest absolute Gasteiger partial charge is 0.307 e. The molecule has 0 spiro atoms. The van der Waals surface area contributed by atoms with Crippen LogP contribution >= 0.6 is 0 Å². The first-order valence-electron chi connectivity index (χ1n) is 10.9. The molecule has 4 aromatic rings. The number of hydrogen-bond donors (Lipinski definition) is 3. The summed E-state index contributed by atoms with van der Waals surface area (Å²) in [5.74, 6) is -2.11. The number of carbonyl (C=O) groups excluding carboxylic acids is 1. The maximum Gasteiger partial charge on any atom is 0.307 e. The molecule has 0 saturated heterocycles. The van der Waals surface area contributed by atoms with E-state index in [2.05, 4.69) is 15.3 Å². The minimum absolute atomic E-state index is 0. The Morgan fingerprint density at radius 3 is 2.31 bits per heavy atom. The number of carboxylic acid groups (broad SMARTS) is 1. The predicted molar refractivity (Wildman–Crippen MR) is 137 cm³/mol. The molecule has 6 nitrogen and oxygen atoms in total. The average Bonchev–Trinajstić information content (AvgIpc) is 3.47. The number of aromatic amines is 1. The molecule has 1 saturated carbocycles. The molecule has 35 heavy (non-hydrogen) atoms. The summed E-state index contributed by atoms with van der Waals surface area (Å²) >= 11 is 0. The van der Waals surface area contributed by atoms with Crippen LogP contribution in [-0.4, -0.2) is 26.8 Å². The summed E-state index contributed by atoms with van der Waals surface area (Å²) in [7, 11) is 0. The number of para-hydroxylation sites is 2. The van der Waals surface area contributed by atoms with E-state index >= 15 is 0 Å². The van der Waals surface area contributed by atoms with Crippen LogP contribution in [0, 0.1) is 17.7 Å². The van der Waals surface area contributed by atoms with Crippen LogP contribution in [0.5, 0.6) is 0 Å². The molecule has 1 aliphatic rings. The third-order valence-corrected chi connectivity index (χ3v) is 6.28. The second kappa shape index (κ2) is 10.5. The van der Waals surface area contributed by atoms with Crippen LogP contribution in [0.1, 0.15) is 44.5 Å². The molecule has 3 N–H and O–H groups in total. The molecule has 1 aliphatic carbocycles. The van der Waals surface area contributed by atoms with E-state index in [-0.39, 0.29) is 20.6 Å². The zero-order valence-corrected chi connectivity index (χ0v) is 17.7. The van der Waals surface area contributed by atoms with Crippen molar-refractivity contribution in [2.24, 2.45) is 11.8 Å². The number of carbonyl (C=O) groups is 2. The summed E-state index contributed by atoms with van der Waals surface area (Å²) in [6.45, 7) is 0. The number of H-pyrrole nitrogens is 1. The zero-order valence-electron chi connectivity index (χ0n) is 17.7. The lowest BCUT2D eigenvalue weighted by Crippen LogP contribution is -2.25. The van der Waals surface area contributed by atoms with E-state index in [4.69, 9.17) is 0 Å². The Labute approximate surface area is 204 Å². The molecule has 182 valence electrons. The third kappa shape index (κ3) is 5.09. The Morgan fingerprint density at radius 2 is 1.63 bits per heavy atom. The van der Waals surface area contributed by atoms with Gasteiger partial charge >= 0.3 is 5.97 Å². The van der Waals surface area contributed by atoms with Crippen molar-refractivity contribution in [1.29, 1.82) is 0 Å². The maximum atomic E-state index is 14.8. The molecule has 0 aliphatic heterocycles. The van der Waals surface area contributed by atoms with Gasteiger partial charge in [-0.1, -0.05) is 63.7 Å². The van der Waals surface area contributed by atoms with Crippen LogP contribution in [0.3, 0.4) is 0 Å². The molecule has 0 radical (unpaired) electrons. The molecule has 1 aromatic heterocycles. The van der Waals surface area contributed by atoms with Gasteiger partial charge in [-0.2, -0.15) is 0 Å². The number of Topliss-reactive ketones (excluding diaryl/α,β-unsaturated/α-hetero) is 1. The standard InChI is InChI=1S/C26H22FN3O3.2CH4/c27-20-14-17(12-13-21(20)28-26-29-22-6-1-2-7-23(22)30-26)15-8-10-16(11-9-15)24(31)18-4-3-5-19(18)25(32)33;;/h1-2,6-14,18-19H,3-5H2,(H,32,33)(H2,28,29,30);2*1H4/t18-,19-;;/m1../s1. The first-order chi connectivity index (χ1) is 16.0. The molecule has 1 heterocycles. The number of nitrogens with one attached hydrogen (secondary N) is 2. The van der Waals surface area contributed by atoms with E-state index < -0.39 is 23.6 Å². The lowest BCUT2D eigenvalue weighted by Gasteiger charge is -2.15. The molecular formula is C28H30FN3O3. The minimum Gasteiger partial charge on any atom is -0.481 e. The number of aromatic nitrogens is 2. The van der Waals surface area contributed by atoms with E-state index in [9.17, 15) is 19.1 Å². The molecule has 1 fully saturated rings. The van der Waals surface area contributed by atoms with Gasteiger partial charge in [0.1, 0.15) is 5.82 Å². The number of hydrogen-bond acceptors (Lipinski definition) is 4. The van der Waals surface area contributed by atoms with Gasteiger partial charge in [0, 0.05) is 11.5 Å². The van der Waals surface area contributed by atoms with Crippen molar-refractivity contribution >= 4 is 34.4 Å². The second-order valence-corrected chi connectivity index (χ2v) is 8.35. The molecule has 0 unspecified atom stereocenters. The van der Waals surface area contributed by atoms with Gasteiger partial charge in [-0.15, -0.1) is 0 Å². The number of aliphatic carboxylic acids is 1. The Kier molecular flexibility index (Phi) is 7.69. The van der Waals surface area contributed by atoms with Crippen molar-refractivity contribution in [3.8, 4) is 11.1 Å². The quantitative estimate of drug-likeness (QED) is 0.259. The highest BCUT2D eigenvalue weighted by atomic mass is 19.1. The number of nitrogens with zero attached hydrogens (tertiary/aromatic N) is 1. The third-order valence-electron chi connectivity index (χ3n) is 6.28. The van der Waals surface area contributed by atoms with Gasteiger partial charge in [0.2, 0.25) is 5.95 Å². The van der Waals surface area contributed by atoms with E-state index in [0.29, 0.717) is 35.6 Å². The van der Waals surface area contributed by atoms with Gasteiger partial charge < -0.3 is 15.4 Å². The van der Waals surface area contributed by atoms with Crippen LogP contribution in [-0.2, 0) is 4.79 Å². The van der Waals surface area contributed by atoms with Crippen LogP contribution < -0.4 is 5.32 Å². The van der Waals surface area contributed by atoms with Crippen molar-refractivity contribution < 1.29 is 19.1 Å². The number of anilines is 2. The summed E-state index contributed by atoms with van der Waals surface area (Å²) in [6, 6.07) is 19.3. The first-order valence-corrected chi connectivity index (χ1v) is 10.9. The van der Waals surface area contributed by atoms with Gasteiger partial charge in [0.05, 0.1) is 22.6 Å². The van der Waals surface area contributed by atoms with Gasteiger partial charge in [0.15, 0.2) is 5.78 Å². The topological polar surface area (TPSA) is 95.1 Å². The highest BCUT2D eigenvalue weighted by molar-refractivity contribution is 6.00. The summed E-state index contributed by atoms with van der Waals surface area (Å²) < 4.78 is 14.8. The molecule has 0 amide bonds. The van der Waals surface area contributed by atoms with Crippen molar-refractivity contribution in [3.63, 3.8) is 0 Å².